The highest BCUT2D eigenvalue weighted by Crippen LogP contribution is 2.37. The Labute approximate surface area is 94.5 Å². The molecule has 2 heteroatoms. The van der Waals surface area contributed by atoms with Crippen molar-refractivity contribution in [3.63, 3.8) is 0 Å². The molecule has 2 N–H and O–H groups in total. The smallest absolute Gasteiger partial charge is 0.0443 e. The van der Waals surface area contributed by atoms with E-state index in [4.69, 9.17) is 5.11 Å². The summed E-state index contributed by atoms with van der Waals surface area (Å²) in [5.74, 6) is 0.896. The van der Waals surface area contributed by atoms with E-state index >= 15 is 0 Å². The number of nitrogens with one attached hydrogen (secondary N) is 1. The number of aliphatic hydroxyl groups is 1. The van der Waals surface area contributed by atoms with Gasteiger partial charge in [-0.25, -0.2) is 0 Å². The van der Waals surface area contributed by atoms with Crippen LogP contribution in [0.4, 0.5) is 0 Å². The highest BCUT2D eigenvalue weighted by molar-refractivity contribution is 4.82. The van der Waals surface area contributed by atoms with Gasteiger partial charge in [0.15, 0.2) is 0 Å². The molecule has 1 saturated carbocycles. The zero-order valence-corrected chi connectivity index (χ0v) is 10.4. The van der Waals surface area contributed by atoms with E-state index in [0.717, 1.165) is 25.4 Å². The van der Waals surface area contributed by atoms with Crippen LogP contribution in [0.2, 0.25) is 0 Å². The monoisotopic (exact) mass is 213 g/mol. The van der Waals surface area contributed by atoms with Crippen LogP contribution in [0.1, 0.15) is 52.4 Å². The Morgan fingerprint density at radius 3 is 2.47 bits per heavy atom. The molecular weight excluding hydrogens is 186 g/mol. The topological polar surface area (TPSA) is 32.3 Å². The summed E-state index contributed by atoms with van der Waals surface area (Å²) in [6.07, 6.45) is 7.98. The first-order valence-corrected chi connectivity index (χ1v) is 6.48. The Morgan fingerprint density at radius 2 is 1.87 bits per heavy atom. The molecule has 1 aliphatic rings. The molecule has 0 aliphatic heterocycles. The molecule has 0 aromatic carbocycles. The van der Waals surface area contributed by atoms with Crippen LogP contribution in [0.15, 0.2) is 0 Å². The van der Waals surface area contributed by atoms with Crippen LogP contribution in [0.3, 0.4) is 0 Å². The van der Waals surface area contributed by atoms with E-state index in [2.05, 4.69) is 19.2 Å². The standard InChI is InChI=1S/C13H27NO/c1-13(2,11-14-9-6-10-15)12-7-4-3-5-8-12/h12,14-15H,3-11H2,1-2H3. The van der Waals surface area contributed by atoms with Crippen LogP contribution in [0.25, 0.3) is 0 Å². The maximum atomic E-state index is 8.70. The van der Waals surface area contributed by atoms with Crippen molar-refractivity contribution in [1.82, 2.24) is 5.32 Å². The van der Waals surface area contributed by atoms with E-state index in [1.807, 2.05) is 0 Å². The Balaban J connectivity index is 2.23. The average molecular weight is 213 g/mol. The first-order chi connectivity index (χ1) is 7.17. The lowest BCUT2D eigenvalue weighted by molar-refractivity contribution is 0.153. The van der Waals surface area contributed by atoms with Crippen molar-refractivity contribution in [2.75, 3.05) is 19.7 Å². The first-order valence-electron chi connectivity index (χ1n) is 6.48. The molecule has 0 heterocycles. The predicted octanol–water partition coefficient (Wildman–Crippen LogP) is 2.56. The second-order valence-electron chi connectivity index (χ2n) is 5.58. The van der Waals surface area contributed by atoms with Crippen molar-refractivity contribution < 1.29 is 5.11 Å². The van der Waals surface area contributed by atoms with E-state index in [1.54, 1.807) is 0 Å². The fourth-order valence-electron chi connectivity index (χ4n) is 2.64. The second-order valence-corrected chi connectivity index (χ2v) is 5.58. The van der Waals surface area contributed by atoms with Crippen LogP contribution in [-0.4, -0.2) is 24.8 Å². The Kier molecular flexibility index (Phi) is 5.62. The summed E-state index contributed by atoms with van der Waals surface area (Å²) in [6.45, 7) is 7.12. The molecule has 1 fully saturated rings. The lowest BCUT2D eigenvalue weighted by Gasteiger charge is -2.37. The van der Waals surface area contributed by atoms with Gasteiger partial charge in [0.1, 0.15) is 0 Å². The Bertz CT molecular complexity index is 162. The molecule has 2 nitrogen and oxygen atoms in total. The molecule has 0 spiro atoms. The van der Waals surface area contributed by atoms with E-state index in [9.17, 15) is 0 Å². The summed E-state index contributed by atoms with van der Waals surface area (Å²) in [6, 6.07) is 0. The maximum Gasteiger partial charge on any atom is 0.0443 e. The van der Waals surface area contributed by atoms with Crippen molar-refractivity contribution in [3.8, 4) is 0 Å². The van der Waals surface area contributed by atoms with Gasteiger partial charge in [0, 0.05) is 13.2 Å². The van der Waals surface area contributed by atoms with Gasteiger partial charge in [0.25, 0.3) is 0 Å². The molecule has 0 aromatic heterocycles. The van der Waals surface area contributed by atoms with E-state index in [-0.39, 0.29) is 0 Å². The molecule has 0 saturated heterocycles. The van der Waals surface area contributed by atoms with Crippen molar-refractivity contribution in [1.29, 1.82) is 0 Å². The molecule has 15 heavy (non-hydrogen) atoms. The Hall–Kier alpha value is -0.0800. The summed E-state index contributed by atoms with van der Waals surface area (Å²) >= 11 is 0. The minimum atomic E-state index is 0.302. The van der Waals surface area contributed by atoms with Crippen molar-refractivity contribution in [3.05, 3.63) is 0 Å². The summed E-state index contributed by atoms with van der Waals surface area (Å²) < 4.78 is 0. The number of hydrogen-bond donors (Lipinski definition) is 2. The second kappa shape index (κ2) is 6.49. The van der Waals surface area contributed by atoms with E-state index in [0.29, 0.717) is 12.0 Å². The molecule has 0 radical (unpaired) electrons. The number of hydrogen-bond acceptors (Lipinski definition) is 2. The SMILES string of the molecule is CC(C)(CNCCCO)C1CCCCC1. The van der Waals surface area contributed by atoms with E-state index in [1.165, 1.54) is 32.1 Å². The third-order valence-corrected chi connectivity index (χ3v) is 3.80. The predicted molar refractivity (Wildman–Crippen MR) is 64.9 cm³/mol. The van der Waals surface area contributed by atoms with Gasteiger partial charge in [0.05, 0.1) is 0 Å². The molecule has 0 aromatic rings. The van der Waals surface area contributed by atoms with Gasteiger partial charge < -0.3 is 10.4 Å². The van der Waals surface area contributed by atoms with E-state index < -0.39 is 0 Å². The fourth-order valence-corrected chi connectivity index (χ4v) is 2.64. The third kappa shape index (κ3) is 4.52. The molecule has 0 bridgehead atoms. The minimum absolute atomic E-state index is 0.302. The zero-order chi connectivity index (χ0) is 11.1. The summed E-state index contributed by atoms with van der Waals surface area (Å²) in [5, 5.41) is 12.2. The molecular formula is C13H27NO. The Morgan fingerprint density at radius 1 is 1.20 bits per heavy atom. The molecule has 90 valence electrons. The van der Waals surface area contributed by atoms with Crippen molar-refractivity contribution in [2.24, 2.45) is 11.3 Å². The minimum Gasteiger partial charge on any atom is -0.396 e. The van der Waals surface area contributed by atoms with Gasteiger partial charge in [-0.05, 0) is 37.1 Å². The van der Waals surface area contributed by atoms with Gasteiger partial charge in [-0.2, -0.15) is 0 Å². The largest absolute Gasteiger partial charge is 0.396 e. The zero-order valence-electron chi connectivity index (χ0n) is 10.4. The highest BCUT2D eigenvalue weighted by Gasteiger charge is 2.29. The lowest BCUT2D eigenvalue weighted by atomic mass is 9.71. The van der Waals surface area contributed by atoms with Crippen LogP contribution < -0.4 is 5.32 Å². The maximum absolute atomic E-state index is 8.70. The fraction of sp³-hybridized carbons (Fsp3) is 1.00. The summed E-state index contributed by atoms with van der Waals surface area (Å²) in [5.41, 5.74) is 0.426. The average Bonchev–Trinajstić information content (AvgIpc) is 2.26. The normalized spacial score (nSPS) is 19.4. The summed E-state index contributed by atoms with van der Waals surface area (Å²) in [7, 11) is 0. The molecule has 0 atom stereocenters. The first kappa shape index (κ1) is 13.0. The van der Waals surface area contributed by atoms with Gasteiger partial charge in [-0.3, -0.25) is 0 Å². The van der Waals surface area contributed by atoms with Gasteiger partial charge in [0.2, 0.25) is 0 Å². The summed E-state index contributed by atoms with van der Waals surface area (Å²) in [4.78, 5) is 0. The molecule has 0 unspecified atom stereocenters. The van der Waals surface area contributed by atoms with Crippen molar-refractivity contribution in [2.45, 2.75) is 52.4 Å². The molecule has 0 amide bonds. The van der Waals surface area contributed by atoms with Gasteiger partial charge in [-0.1, -0.05) is 33.1 Å². The molecule has 1 rings (SSSR count). The molecule has 1 aliphatic carbocycles. The van der Waals surface area contributed by atoms with Crippen LogP contribution in [0, 0.1) is 11.3 Å². The van der Waals surface area contributed by atoms with Crippen molar-refractivity contribution >= 4 is 0 Å². The van der Waals surface area contributed by atoms with Gasteiger partial charge >= 0.3 is 0 Å². The lowest BCUT2D eigenvalue weighted by Crippen LogP contribution is -2.37. The van der Waals surface area contributed by atoms with Crippen LogP contribution in [-0.2, 0) is 0 Å². The number of rotatable bonds is 6. The van der Waals surface area contributed by atoms with Gasteiger partial charge in [-0.15, -0.1) is 0 Å². The highest BCUT2D eigenvalue weighted by atomic mass is 16.3. The van der Waals surface area contributed by atoms with Crippen LogP contribution in [0.5, 0.6) is 0 Å². The van der Waals surface area contributed by atoms with Crippen LogP contribution >= 0.6 is 0 Å². The quantitative estimate of drug-likeness (QED) is 0.665. The number of aliphatic hydroxyl groups excluding tert-OH is 1. The third-order valence-electron chi connectivity index (χ3n) is 3.80.